The third kappa shape index (κ3) is 13.3. The first-order valence-electron chi connectivity index (χ1n) is 9.73. The zero-order chi connectivity index (χ0) is 22.9. The fourth-order valence-corrected chi connectivity index (χ4v) is 2.37. The van der Waals surface area contributed by atoms with Crippen molar-refractivity contribution in [3.8, 4) is 11.5 Å². The maximum absolute atomic E-state index is 11.7. The van der Waals surface area contributed by atoms with E-state index in [1.54, 1.807) is 12.1 Å². The number of carbonyl (C=O) groups is 1. The Morgan fingerprint density at radius 1 is 0.903 bits per heavy atom. The van der Waals surface area contributed by atoms with Crippen LogP contribution in [0, 0.1) is 20.2 Å². The van der Waals surface area contributed by atoms with Gasteiger partial charge in [0.15, 0.2) is 11.5 Å². The number of hydrogen-bond acceptors (Lipinski definition) is 10. The summed E-state index contributed by atoms with van der Waals surface area (Å²) in [5.41, 5.74) is 0.579. The van der Waals surface area contributed by atoms with Gasteiger partial charge < -0.3 is 24.3 Å². The summed E-state index contributed by atoms with van der Waals surface area (Å²) in [4.78, 5) is 40.0. The van der Waals surface area contributed by atoms with Gasteiger partial charge >= 0.3 is 5.97 Å². The van der Waals surface area contributed by atoms with Crippen molar-refractivity contribution in [3.63, 3.8) is 0 Å². The normalized spacial score (nSPS) is 10.6. The summed E-state index contributed by atoms with van der Waals surface area (Å²) in [7, 11) is 0. The van der Waals surface area contributed by atoms with Crippen molar-refractivity contribution in [2.75, 3.05) is 26.4 Å². The Balaban J connectivity index is 2.23. The summed E-state index contributed by atoms with van der Waals surface area (Å²) >= 11 is 0. The molecule has 172 valence electrons. The minimum atomic E-state index is -0.845. The highest BCUT2D eigenvalue weighted by Gasteiger charge is 2.04. The molecule has 12 nitrogen and oxygen atoms in total. The minimum Gasteiger partial charge on any atom is -0.504 e. The fourth-order valence-electron chi connectivity index (χ4n) is 2.37. The number of ether oxygens (including phenoxy) is 2. The number of phenols is 1. The van der Waals surface area contributed by atoms with Crippen LogP contribution in [-0.2, 0) is 19.2 Å². The van der Waals surface area contributed by atoms with E-state index in [4.69, 9.17) is 9.47 Å². The predicted molar refractivity (Wildman–Crippen MR) is 107 cm³/mol. The molecule has 0 fully saturated rings. The molecule has 1 N–H and O–H groups in total. The van der Waals surface area contributed by atoms with Crippen molar-refractivity contribution in [2.24, 2.45) is 0 Å². The summed E-state index contributed by atoms with van der Waals surface area (Å²) in [6, 6.07) is 4.68. The molecule has 31 heavy (non-hydrogen) atoms. The third-order valence-electron chi connectivity index (χ3n) is 3.87. The zero-order valence-corrected chi connectivity index (χ0v) is 17.0. The first kappa shape index (κ1) is 25.5. The van der Waals surface area contributed by atoms with Gasteiger partial charge in [-0.3, -0.25) is 0 Å². The lowest BCUT2D eigenvalue weighted by atomic mass is 10.2. The van der Waals surface area contributed by atoms with E-state index >= 15 is 0 Å². The largest absolute Gasteiger partial charge is 0.504 e. The second-order valence-corrected chi connectivity index (χ2v) is 6.31. The molecule has 12 heteroatoms. The van der Waals surface area contributed by atoms with Crippen LogP contribution in [0.25, 0.3) is 6.08 Å². The number of hydrogen-bond donors (Lipinski definition) is 1. The Labute approximate surface area is 178 Å². The highest BCUT2D eigenvalue weighted by molar-refractivity contribution is 5.87. The predicted octanol–water partition coefficient (Wildman–Crippen LogP) is 3.08. The summed E-state index contributed by atoms with van der Waals surface area (Å²) in [5.74, 6) is -0.325. The van der Waals surface area contributed by atoms with Crippen molar-refractivity contribution < 1.29 is 39.2 Å². The van der Waals surface area contributed by atoms with Crippen LogP contribution in [0.4, 0.5) is 0 Å². The number of unbranched alkanes of at least 4 members (excludes halogenated alkanes) is 4. The van der Waals surface area contributed by atoms with Crippen molar-refractivity contribution in [1.82, 2.24) is 0 Å². The van der Waals surface area contributed by atoms with Gasteiger partial charge in [-0.15, -0.1) is 20.2 Å². The molecule has 0 amide bonds. The lowest BCUT2D eigenvalue weighted by Crippen LogP contribution is -2.04. The number of phenolic OH excluding ortho intramolecular Hbond substituents is 1. The summed E-state index contributed by atoms with van der Waals surface area (Å²) < 4.78 is 10.5. The molecular weight excluding hydrogens is 416 g/mol. The highest BCUT2D eigenvalue weighted by Crippen LogP contribution is 2.27. The van der Waals surface area contributed by atoms with E-state index in [1.165, 1.54) is 18.2 Å². The number of aromatic hydroxyl groups is 1. The molecular formula is C19H26N2O10. The van der Waals surface area contributed by atoms with E-state index in [9.17, 15) is 30.1 Å². The van der Waals surface area contributed by atoms with Gasteiger partial charge in [-0.2, -0.15) is 0 Å². The molecule has 1 aromatic rings. The third-order valence-corrected chi connectivity index (χ3v) is 3.87. The van der Waals surface area contributed by atoms with E-state index in [0.29, 0.717) is 56.4 Å². The Morgan fingerprint density at radius 2 is 1.48 bits per heavy atom. The lowest BCUT2D eigenvalue weighted by molar-refractivity contribution is -0.757. The van der Waals surface area contributed by atoms with Crippen molar-refractivity contribution in [3.05, 3.63) is 50.1 Å². The van der Waals surface area contributed by atoms with Crippen LogP contribution in [-0.4, -0.2) is 47.7 Å². The molecule has 0 aromatic heterocycles. The van der Waals surface area contributed by atoms with Gasteiger partial charge in [-0.1, -0.05) is 6.07 Å². The molecule has 0 unspecified atom stereocenters. The standard InChI is InChI=1S/C19H26N2O10/c22-17-15-16(7-9-18(17)28-11-3-1-5-13-30-20(24)25)8-10-19(23)29-12-4-2-6-14-31-21(26)27/h7-10,15,22H,1-6,11-14H2/b10-8+. The van der Waals surface area contributed by atoms with Crippen LogP contribution in [0.15, 0.2) is 24.3 Å². The van der Waals surface area contributed by atoms with Gasteiger partial charge in [0.05, 0.1) is 26.4 Å². The quantitative estimate of drug-likeness (QED) is 0.125. The Kier molecular flexibility index (Phi) is 12.6. The summed E-state index contributed by atoms with van der Waals surface area (Å²) in [6.45, 7) is 0.590. The smallest absolute Gasteiger partial charge is 0.330 e. The lowest BCUT2D eigenvalue weighted by Gasteiger charge is -2.08. The van der Waals surface area contributed by atoms with Gasteiger partial charge in [0.25, 0.3) is 10.2 Å². The Hall–Kier alpha value is -3.57. The Morgan fingerprint density at radius 3 is 2.06 bits per heavy atom. The zero-order valence-electron chi connectivity index (χ0n) is 17.0. The molecule has 0 heterocycles. The second kappa shape index (κ2) is 15.3. The first-order chi connectivity index (χ1) is 14.9. The van der Waals surface area contributed by atoms with Crippen molar-refractivity contribution in [1.29, 1.82) is 0 Å². The molecule has 1 aromatic carbocycles. The molecule has 0 radical (unpaired) electrons. The molecule has 0 aliphatic carbocycles. The first-order valence-corrected chi connectivity index (χ1v) is 9.73. The number of carbonyl (C=O) groups excluding carboxylic acids is 1. The number of benzene rings is 1. The highest BCUT2D eigenvalue weighted by atomic mass is 17.0. The molecule has 0 saturated heterocycles. The molecule has 0 spiro atoms. The van der Waals surface area contributed by atoms with Crippen molar-refractivity contribution in [2.45, 2.75) is 38.5 Å². The summed E-state index contributed by atoms with van der Waals surface area (Å²) in [6.07, 6.45) is 6.29. The Bertz CT molecular complexity index is 738. The number of nitrogens with zero attached hydrogens (tertiary/aromatic N) is 2. The molecule has 0 aliphatic rings. The monoisotopic (exact) mass is 442 g/mol. The van der Waals surface area contributed by atoms with Crippen LogP contribution in [0.2, 0.25) is 0 Å². The molecule has 0 aliphatic heterocycles. The van der Waals surface area contributed by atoms with Gasteiger partial charge in [0.2, 0.25) is 0 Å². The second-order valence-electron chi connectivity index (χ2n) is 6.31. The minimum absolute atomic E-state index is 0.0168. The van der Waals surface area contributed by atoms with Crippen molar-refractivity contribution >= 4 is 12.0 Å². The van der Waals surface area contributed by atoms with Crippen LogP contribution in [0.3, 0.4) is 0 Å². The fraction of sp³-hybridized carbons (Fsp3) is 0.526. The topological polar surface area (TPSA) is 161 Å². The average Bonchev–Trinajstić information content (AvgIpc) is 2.71. The molecule has 0 bridgehead atoms. The van der Waals surface area contributed by atoms with Crippen LogP contribution < -0.4 is 4.74 Å². The van der Waals surface area contributed by atoms with E-state index in [-0.39, 0.29) is 25.6 Å². The molecule has 0 atom stereocenters. The van der Waals surface area contributed by atoms with E-state index in [2.05, 4.69) is 9.68 Å². The van der Waals surface area contributed by atoms with Gasteiger partial charge in [0.1, 0.15) is 0 Å². The molecule has 0 saturated carbocycles. The maximum Gasteiger partial charge on any atom is 0.330 e. The van der Waals surface area contributed by atoms with Crippen LogP contribution in [0.5, 0.6) is 11.5 Å². The SMILES string of the molecule is O=C(/C=C/c1ccc(OCCCCCO[N+](=O)[O-])c(O)c1)OCCCCCO[N+](=O)[O-]. The van der Waals surface area contributed by atoms with Gasteiger partial charge in [-0.05, 0) is 62.3 Å². The summed E-state index contributed by atoms with van der Waals surface area (Å²) in [5, 5.41) is 28.3. The van der Waals surface area contributed by atoms with Gasteiger partial charge in [0, 0.05) is 6.08 Å². The van der Waals surface area contributed by atoms with E-state index in [0.717, 1.165) is 0 Å². The van der Waals surface area contributed by atoms with Crippen LogP contribution in [0.1, 0.15) is 44.1 Å². The number of rotatable bonds is 17. The van der Waals surface area contributed by atoms with Gasteiger partial charge in [-0.25, -0.2) is 4.79 Å². The van der Waals surface area contributed by atoms with E-state index < -0.39 is 16.1 Å². The number of esters is 1. The van der Waals surface area contributed by atoms with Crippen LogP contribution >= 0.6 is 0 Å². The average molecular weight is 442 g/mol. The van der Waals surface area contributed by atoms with E-state index in [1.807, 2.05) is 0 Å². The maximum atomic E-state index is 11.7. The molecule has 1 rings (SSSR count).